The highest BCUT2D eigenvalue weighted by Crippen LogP contribution is 2.11. The van der Waals surface area contributed by atoms with Crippen molar-refractivity contribution < 1.29 is 32.6 Å². The topological polar surface area (TPSA) is 187 Å². The largest absolute Gasteiger partial charge is 0.503 e. The Labute approximate surface area is 181 Å². The number of ether oxygens (including phenoxy) is 1. The van der Waals surface area contributed by atoms with Crippen molar-refractivity contribution in [2.45, 2.75) is 19.2 Å². The third kappa shape index (κ3) is 5.83. The Hall–Kier alpha value is -3.91. The van der Waals surface area contributed by atoms with E-state index in [9.17, 15) is 27.6 Å². The van der Waals surface area contributed by atoms with Gasteiger partial charge in [0.25, 0.3) is 5.91 Å². The number of alkyl carbamates (subject to hydrolysis) is 1. The first-order valence-electron chi connectivity index (χ1n) is 9.15. The third-order valence-corrected chi connectivity index (χ3v) is 5.27. The van der Waals surface area contributed by atoms with Gasteiger partial charge >= 0.3 is 22.3 Å². The highest BCUT2D eigenvalue weighted by atomic mass is 32.2. The van der Waals surface area contributed by atoms with E-state index in [1.165, 1.54) is 0 Å². The van der Waals surface area contributed by atoms with E-state index in [1.54, 1.807) is 35.1 Å². The molecular weight excluding hydrogens is 446 g/mol. The van der Waals surface area contributed by atoms with Crippen molar-refractivity contribution in [3.05, 3.63) is 64.1 Å². The number of H-pyrrole nitrogens is 1. The van der Waals surface area contributed by atoms with Crippen molar-refractivity contribution in [1.82, 2.24) is 24.6 Å². The van der Waals surface area contributed by atoms with Gasteiger partial charge in [-0.05, 0) is 5.56 Å². The average Bonchev–Trinajstić information content (AvgIpc) is 2.75. The zero-order valence-electron chi connectivity index (χ0n) is 16.4. The van der Waals surface area contributed by atoms with Crippen molar-refractivity contribution in [2.75, 3.05) is 6.54 Å². The highest BCUT2D eigenvalue weighted by Gasteiger charge is 2.43. The molecular formula is C18H19N5O8S. The van der Waals surface area contributed by atoms with Crippen LogP contribution in [0.2, 0.25) is 0 Å². The van der Waals surface area contributed by atoms with Crippen LogP contribution in [0.1, 0.15) is 11.3 Å². The zero-order valence-corrected chi connectivity index (χ0v) is 17.2. The summed E-state index contributed by atoms with van der Waals surface area (Å²) in [4.78, 5) is 50.3. The molecule has 0 saturated carbocycles. The summed E-state index contributed by atoms with van der Waals surface area (Å²) < 4.78 is 32.6. The number of nitrogens with one attached hydrogen (secondary N) is 4. The first-order chi connectivity index (χ1) is 15.1. The second-order valence-electron chi connectivity index (χ2n) is 6.65. The molecule has 0 radical (unpaired) electrons. The molecule has 1 saturated heterocycles. The number of imide groups is 1. The molecule has 13 nitrogen and oxygen atoms in total. The summed E-state index contributed by atoms with van der Waals surface area (Å²) in [5, 5.41) is 11.4. The number of amides is 4. The first-order valence-corrected chi connectivity index (χ1v) is 10.6. The van der Waals surface area contributed by atoms with Crippen molar-refractivity contribution in [1.29, 1.82) is 0 Å². The van der Waals surface area contributed by atoms with Crippen LogP contribution < -0.4 is 20.2 Å². The molecule has 1 fully saturated rings. The number of hydrogen-bond acceptors (Lipinski definition) is 8. The molecule has 4 amide bonds. The summed E-state index contributed by atoms with van der Waals surface area (Å²) in [6, 6.07) is 7.60. The molecule has 5 N–H and O–H groups in total. The summed E-state index contributed by atoms with van der Waals surface area (Å²) in [6.07, 6.45) is 0.130. The molecule has 0 spiro atoms. The van der Waals surface area contributed by atoms with Crippen molar-refractivity contribution in [2.24, 2.45) is 0 Å². The Morgan fingerprint density at radius 2 is 1.94 bits per heavy atom. The van der Waals surface area contributed by atoms with Crippen LogP contribution in [0.5, 0.6) is 5.75 Å². The number of pyridine rings is 1. The maximum absolute atomic E-state index is 12.1. The van der Waals surface area contributed by atoms with Crippen LogP contribution in [0.3, 0.4) is 0 Å². The molecule has 0 bridgehead atoms. The van der Waals surface area contributed by atoms with Gasteiger partial charge in [-0.15, -0.1) is 0 Å². The number of likely N-dealkylation sites (tertiary alicyclic amines) is 1. The number of hydrogen-bond donors (Lipinski definition) is 5. The van der Waals surface area contributed by atoms with Gasteiger partial charge in [-0.3, -0.25) is 14.5 Å². The smallest absolute Gasteiger partial charge is 0.408 e. The Bertz CT molecular complexity index is 1180. The van der Waals surface area contributed by atoms with Gasteiger partial charge < -0.3 is 20.1 Å². The van der Waals surface area contributed by atoms with Crippen LogP contribution in [0, 0.1) is 0 Å². The Kier molecular flexibility index (Phi) is 6.75. The average molecular weight is 465 g/mol. The SMILES string of the molecule is O=C(N[C@H]1CN(C(=O)NS(=O)(=O)NCc2cc(=O)c(O)c[nH]2)C1=O)OCc1ccccc1. The maximum atomic E-state index is 12.1. The Morgan fingerprint density at radius 3 is 2.59 bits per heavy atom. The van der Waals surface area contributed by atoms with E-state index < -0.39 is 45.5 Å². The second kappa shape index (κ2) is 9.49. The van der Waals surface area contributed by atoms with Crippen molar-refractivity contribution >= 4 is 28.2 Å². The fourth-order valence-corrected chi connectivity index (χ4v) is 3.37. The molecule has 0 aliphatic carbocycles. The number of carbonyl (C=O) groups is 3. The van der Waals surface area contributed by atoms with Gasteiger partial charge in [0.15, 0.2) is 5.75 Å². The van der Waals surface area contributed by atoms with Gasteiger partial charge in [0.2, 0.25) is 5.43 Å². The zero-order chi connectivity index (χ0) is 23.3. The molecule has 32 heavy (non-hydrogen) atoms. The van der Waals surface area contributed by atoms with Gasteiger partial charge in [0.1, 0.15) is 12.6 Å². The fraction of sp³-hybridized carbons (Fsp3) is 0.222. The van der Waals surface area contributed by atoms with E-state index in [-0.39, 0.29) is 25.4 Å². The van der Waals surface area contributed by atoms with Crippen LogP contribution in [-0.4, -0.2) is 54.0 Å². The molecule has 1 atom stereocenters. The molecule has 1 aliphatic rings. The van der Waals surface area contributed by atoms with Gasteiger partial charge in [-0.1, -0.05) is 30.3 Å². The molecule has 3 rings (SSSR count). The van der Waals surface area contributed by atoms with Gasteiger partial charge in [-0.25, -0.2) is 14.3 Å². The lowest BCUT2D eigenvalue weighted by Gasteiger charge is -2.36. The predicted octanol–water partition coefficient (Wildman–Crippen LogP) is -0.738. The van der Waals surface area contributed by atoms with E-state index in [1.807, 2.05) is 4.72 Å². The van der Waals surface area contributed by atoms with Crippen LogP contribution in [0.4, 0.5) is 9.59 Å². The molecule has 2 aromatic rings. The van der Waals surface area contributed by atoms with Crippen LogP contribution >= 0.6 is 0 Å². The molecule has 1 aromatic carbocycles. The monoisotopic (exact) mass is 465 g/mol. The van der Waals surface area contributed by atoms with E-state index in [0.29, 0.717) is 4.90 Å². The lowest BCUT2D eigenvalue weighted by Crippen LogP contribution is -2.67. The Morgan fingerprint density at radius 1 is 1.22 bits per heavy atom. The van der Waals surface area contributed by atoms with Gasteiger partial charge in [0.05, 0.1) is 13.1 Å². The standard InChI is InChI=1S/C18H19N5O8S/c24-14-6-12(19-8-15(14)25)7-20-32(29,30)22-17(27)23-9-13(16(23)26)21-18(28)31-10-11-4-2-1-3-5-11/h1-6,8,13,20,25H,7,9-10H2,(H,19,24)(H,21,28)(H,22,27)/t13-/m0/s1. The summed E-state index contributed by atoms with van der Waals surface area (Å²) in [5.74, 6) is -1.34. The summed E-state index contributed by atoms with van der Waals surface area (Å²) in [6.45, 7) is -0.636. The molecule has 14 heteroatoms. The normalized spacial score (nSPS) is 15.6. The minimum atomic E-state index is -4.37. The molecule has 170 valence electrons. The summed E-state index contributed by atoms with van der Waals surface area (Å²) in [5.41, 5.74) is 0.163. The number of β-lactam (4-membered cyclic amide) rings is 1. The van der Waals surface area contributed by atoms with E-state index in [4.69, 9.17) is 9.84 Å². The summed E-state index contributed by atoms with van der Waals surface area (Å²) >= 11 is 0. The fourth-order valence-electron chi connectivity index (χ4n) is 2.61. The number of urea groups is 1. The van der Waals surface area contributed by atoms with E-state index in [2.05, 4.69) is 10.3 Å². The van der Waals surface area contributed by atoms with E-state index in [0.717, 1.165) is 17.8 Å². The number of aromatic hydroxyl groups is 1. The van der Waals surface area contributed by atoms with Crippen molar-refractivity contribution in [3.8, 4) is 5.75 Å². The van der Waals surface area contributed by atoms with Crippen LogP contribution in [0.25, 0.3) is 0 Å². The number of benzene rings is 1. The van der Waals surface area contributed by atoms with Gasteiger partial charge in [-0.2, -0.15) is 13.1 Å². The van der Waals surface area contributed by atoms with Crippen LogP contribution in [-0.2, 0) is 32.9 Å². The second-order valence-corrected chi connectivity index (χ2v) is 8.15. The number of nitrogens with zero attached hydrogens (tertiary/aromatic N) is 1. The first kappa shape index (κ1) is 22.8. The molecule has 2 heterocycles. The minimum Gasteiger partial charge on any atom is -0.503 e. The maximum Gasteiger partial charge on any atom is 0.408 e. The van der Waals surface area contributed by atoms with E-state index >= 15 is 0 Å². The number of aromatic nitrogens is 1. The molecule has 0 unspecified atom stereocenters. The Balaban J connectivity index is 1.43. The highest BCUT2D eigenvalue weighted by molar-refractivity contribution is 7.88. The third-order valence-electron chi connectivity index (χ3n) is 4.31. The quantitative estimate of drug-likeness (QED) is 0.331. The molecule has 1 aliphatic heterocycles. The number of aromatic amines is 1. The number of rotatable bonds is 7. The number of carbonyl (C=O) groups excluding carboxylic acids is 3. The molecule has 1 aromatic heterocycles. The minimum absolute atomic E-state index is 0.00596. The lowest BCUT2D eigenvalue weighted by molar-refractivity contribution is -0.139. The van der Waals surface area contributed by atoms with Crippen LogP contribution in [0.15, 0.2) is 47.4 Å². The summed E-state index contributed by atoms with van der Waals surface area (Å²) in [7, 11) is -4.37. The lowest BCUT2D eigenvalue weighted by atomic mass is 10.1. The van der Waals surface area contributed by atoms with Crippen molar-refractivity contribution in [3.63, 3.8) is 0 Å². The predicted molar refractivity (Wildman–Crippen MR) is 108 cm³/mol. The van der Waals surface area contributed by atoms with Gasteiger partial charge in [0, 0.05) is 18.0 Å².